The molecule has 5 nitrogen and oxygen atoms in total. The molecule has 0 atom stereocenters. The van der Waals surface area contributed by atoms with Crippen LogP contribution in [-0.4, -0.2) is 35.4 Å². The summed E-state index contributed by atoms with van der Waals surface area (Å²) in [7, 11) is 0. The summed E-state index contributed by atoms with van der Waals surface area (Å²) in [6.07, 6.45) is 7.17. The van der Waals surface area contributed by atoms with Crippen molar-refractivity contribution in [2.75, 3.05) is 19.8 Å². The molecule has 4 rings (SSSR count). The number of amides is 1. The summed E-state index contributed by atoms with van der Waals surface area (Å²) >= 11 is 0. The Morgan fingerprint density at radius 3 is 2.69 bits per heavy atom. The maximum absolute atomic E-state index is 12.7. The fourth-order valence-electron chi connectivity index (χ4n) is 3.31. The molecule has 0 saturated heterocycles. The highest BCUT2D eigenvalue weighted by atomic mass is 16.5. The van der Waals surface area contributed by atoms with Crippen molar-refractivity contribution in [1.82, 2.24) is 15.1 Å². The predicted molar refractivity (Wildman–Crippen MR) is 114 cm³/mol. The molecule has 0 spiro atoms. The summed E-state index contributed by atoms with van der Waals surface area (Å²) in [5.41, 5.74) is 3.85. The zero-order valence-corrected chi connectivity index (χ0v) is 16.6. The van der Waals surface area contributed by atoms with Crippen LogP contribution in [0.5, 0.6) is 0 Å². The third kappa shape index (κ3) is 5.55. The maximum atomic E-state index is 12.7. The summed E-state index contributed by atoms with van der Waals surface area (Å²) in [6, 6.07) is 18.0. The molecule has 2 aromatic carbocycles. The van der Waals surface area contributed by atoms with Gasteiger partial charge in [-0.1, -0.05) is 42.5 Å². The summed E-state index contributed by atoms with van der Waals surface area (Å²) in [5, 5.41) is 7.27. The molecule has 3 aromatic rings. The Bertz CT molecular complexity index is 916. The van der Waals surface area contributed by atoms with E-state index in [1.54, 1.807) is 6.20 Å². The molecule has 29 heavy (non-hydrogen) atoms. The van der Waals surface area contributed by atoms with Crippen LogP contribution in [0.2, 0.25) is 0 Å². The summed E-state index contributed by atoms with van der Waals surface area (Å²) < 4.78 is 7.52. The first-order valence-corrected chi connectivity index (χ1v) is 10.3. The van der Waals surface area contributed by atoms with E-state index in [0.29, 0.717) is 18.7 Å². The summed E-state index contributed by atoms with van der Waals surface area (Å²) in [6.45, 7) is 2.93. The van der Waals surface area contributed by atoms with Gasteiger partial charge in [-0.2, -0.15) is 5.10 Å². The monoisotopic (exact) mass is 389 g/mol. The third-order valence-corrected chi connectivity index (χ3v) is 5.14. The fraction of sp³-hybridized carbons (Fsp3) is 0.333. The van der Waals surface area contributed by atoms with Crippen molar-refractivity contribution >= 4 is 5.91 Å². The minimum atomic E-state index is -0.0385. The lowest BCUT2D eigenvalue weighted by atomic mass is 9.98. The maximum Gasteiger partial charge on any atom is 0.251 e. The molecule has 1 heterocycles. The van der Waals surface area contributed by atoms with E-state index in [-0.39, 0.29) is 5.91 Å². The van der Waals surface area contributed by atoms with Gasteiger partial charge in [0, 0.05) is 37.7 Å². The first kappa shape index (κ1) is 19.4. The molecule has 5 heteroatoms. The Kier molecular flexibility index (Phi) is 6.37. The van der Waals surface area contributed by atoms with Crippen LogP contribution in [0.1, 0.15) is 35.2 Å². The number of carbonyl (C=O) groups excluding carboxylic acids is 1. The zero-order valence-electron chi connectivity index (χ0n) is 16.6. The van der Waals surface area contributed by atoms with Crippen molar-refractivity contribution in [2.24, 2.45) is 5.92 Å². The van der Waals surface area contributed by atoms with E-state index in [9.17, 15) is 4.79 Å². The highest BCUT2D eigenvalue weighted by molar-refractivity contribution is 6.00. The Labute approximate surface area is 171 Å². The van der Waals surface area contributed by atoms with Crippen molar-refractivity contribution in [2.45, 2.75) is 25.8 Å². The van der Waals surface area contributed by atoms with Crippen molar-refractivity contribution in [1.29, 1.82) is 0 Å². The molecule has 150 valence electrons. The molecule has 1 aliphatic rings. The quantitative estimate of drug-likeness (QED) is 0.530. The Balaban J connectivity index is 1.34. The van der Waals surface area contributed by atoms with Gasteiger partial charge in [0.05, 0.1) is 6.54 Å². The second-order valence-electron chi connectivity index (χ2n) is 7.57. The number of aromatic nitrogens is 2. The average Bonchev–Trinajstić information content (AvgIpc) is 3.44. The Hall–Kier alpha value is -2.92. The third-order valence-electron chi connectivity index (χ3n) is 5.14. The van der Waals surface area contributed by atoms with Crippen molar-refractivity contribution < 1.29 is 9.53 Å². The lowest BCUT2D eigenvalue weighted by Crippen LogP contribution is -2.25. The van der Waals surface area contributed by atoms with Gasteiger partial charge in [-0.05, 0) is 54.0 Å². The Morgan fingerprint density at radius 1 is 1.10 bits per heavy atom. The number of nitrogens with one attached hydrogen (secondary N) is 1. The van der Waals surface area contributed by atoms with Crippen LogP contribution in [0, 0.1) is 5.92 Å². The molecule has 1 aromatic heterocycles. The lowest BCUT2D eigenvalue weighted by molar-refractivity contribution is 0.0938. The summed E-state index contributed by atoms with van der Waals surface area (Å²) in [4.78, 5) is 12.7. The standard InChI is InChI=1S/C24H27N3O2/c28-24(25-13-4-16-29-18-20-7-8-20)23-6-2-1-5-22(23)21-11-9-19(10-12-21)17-27-15-3-14-26-27/h1-3,5-6,9-12,14-15,20H,4,7-8,13,16-18H2,(H,25,28). The fourth-order valence-corrected chi connectivity index (χ4v) is 3.31. The van der Waals surface area contributed by atoms with Gasteiger partial charge < -0.3 is 10.1 Å². The lowest BCUT2D eigenvalue weighted by Gasteiger charge is -2.11. The molecule has 1 aliphatic carbocycles. The molecule has 1 saturated carbocycles. The first-order chi connectivity index (χ1) is 14.3. The zero-order chi connectivity index (χ0) is 19.9. The minimum absolute atomic E-state index is 0.0385. The second-order valence-corrected chi connectivity index (χ2v) is 7.57. The largest absolute Gasteiger partial charge is 0.381 e. The van der Waals surface area contributed by atoms with Gasteiger partial charge in [0.1, 0.15) is 0 Å². The number of carbonyl (C=O) groups is 1. The molecule has 1 amide bonds. The van der Waals surface area contributed by atoms with Crippen LogP contribution < -0.4 is 5.32 Å². The highest BCUT2D eigenvalue weighted by Crippen LogP contribution is 2.28. The molecular formula is C24H27N3O2. The second kappa shape index (κ2) is 9.52. The van der Waals surface area contributed by atoms with Gasteiger partial charge in [0.2, 0.25) is 0 Å². The van der Waals surface area contributed by atoms with E-state index >= 15 is 0 Å². The SMILES string of the molecule is O=C(NCCCOCC1CC1)c1ccccc1-c1ccc(Cn2cccn2)cc1. The first-order valence-electron chi connectivity index (χ1n) is 10.3. The molecule has 1 N–H and O–H groups in total. The van der Waals surface area contributed by atoms with Gasteiger partial charge in [-0.25, -0.2) is 0 Å². The van der Waals surface area contributed by atoms with Crippen LogP contribution in [0.25, 0.3) is 11.1 Å². The van der Waals surface area contributed by atoms with Crippen LogP contribution in [0.15, 0.2) is 67.0 Å². The molecule has 0 aliphatic heterocycles. The molecule has 0 radical (unpaired) electrons. The molecular weight excluding hydrogens is 362 g/mol. The van der Waals surface area contributed by atoms with Gasteiger partial charge in [-0.15, -0.1) is 0 Å². The normalized spacial score (nSPS) is 13.4. The number of ether oxygens (including phenoxy) is 1. The number of hydrogen-bond donors (Lipinski definition) is 1. The average molecular weight is 389 g/mol. The van der Waals surface area contributed by atoms with E-state index in [2.05, 4.69) is 34.7 Å². The number of benzene rings is 2. The Morgan fingerprint density at radius 2 is 1.93 bits per heavy atom. The molecule has 1 fully saturated rings. The van der Waals surface area contributed by atoms with E-state index in [1.807, 2.05) is 41.2 Å². The van der Waals surface area contributed by atoms with Crippen molar-refractivity contribution in [3.63, 3.8) is 0 Å². The van der Waals surface area contributed by atoms with Gasteiger partial charge in [0.25, 0.3) is 5.91 Å². The van der Waals surface area contributed by atoms with Gasteiger partial charge >= 0.3 is 0 Å². The summed E-state index contributed by atoms with van der Waals surface area (Å²) in [5.74, 6) is 0.741. The van der Waals surface area contributed by atoms with E-state index in [4.69, 9.17) is 4.74 Å². The number of nitrogens with zero attached hydrogens (tertiary/aromatic N) is 2. The smallest absolute Gasteiger partial charge is 0.251 e. The minimum Gasteiger partial charge on any atom is -0.381 e. The van der Waals surface area contributed by atoms with Crippen molar-refractivity contribution in [3.8, 4) is 11.1 Å². The van der Waals surface area contributed by atoms with E-state index < -0.39 is 0 Å². The van der Waals surface area contributed by atoms with E-state index in [0.717, 1.165) is 36.6 Å². The highest BCUT2D eigenvalue weighted by Gasteiger charge is 2.20. The van der Waals surface area contributed by atoms with Crippen LogP contribution >= 0.6 is 0 Å². The van der Waals surface area contributed by atoms with Gasteiger partial charge in [0.15, 0.2) is 0 Å². The van der Waals surface area contributed by atoms with E-state index in [1.165, 1.54) is 18.4 Å². The van der Waals surface area contributed by atoms with Gasteiger partial charge in [-0.3, -0.25) is 9.48 Å². The topological polar surface area (TPSA) is 56.1 Å². The van der Waals surface area contributed by atoms with Crippen LogP contribution in [-0.2, 0) is 11.3 Å². The molecule has 0 unspecified atom stereocenters. The van der Waals surface area contributed by atoms with Crippen LogP contribution in [0.4, 0.5) is 0 Å². The number of hydrogen-bond acceptors (Lipinski definition) is 3. The van der Waals surface area contributed by atoms with Crippen molar-refractivity contribution in [3.05, 3.63) is 78.1 Å². The number of rotatable bonds is 10. The molecule has 0 bridgehead atoms. The van der Waals surface area contributed by atoms with Crippen LogP contribution in [0.3, 0.4) is 0 Å². The predicted octanol–water partition coefficient (Wildman–Crippen LogP) is 4.14.